The molecule has 0 bridgehead atoms. The van der Waals surface area contributed by atoms with E-state index in [0.717, 1.165) is 6.42 Å². The largest absolute Gasteiger partial charge is 0.405 e. The average molecular weight is 173 g/mol. The lowest BCUT2D eigenvalue weighted by atomic mass is 10.1. The van der Waals surface area contributed by atoms with Crippen molar-refractivity contribution in [2.75, 3.05) is 0 Å². The first-order valence-corrected chi connectivity index (χ1v) is 4.42. The fourth-order valence-corrected chi connectivity index (χ4v) is 1.18. The molecule has 1 heteroatoms. The van der Waals surface area contributed by atoms with Crippen LogP contribution < -0.4 is 5.73 Å². The number of allylic oxidation sites excluding steroid dienone is 3. The minimum atomic E-state index is 0.969. The van der Waals surface area contributed by atoms with Crippen molar-refractivity contribution in [2.45, 2.75) is 13.3 Å². The Morgan fingerprint density at radius 2 is 2.00 bits per heavy atom. The van der Waals surface area contributed by atoms with Gasteiger partial charge in [-0.1, -0.05) is 36.4 Å². The summed E-state index contributed by atoms with van der Waals surface area (Å²) in [6.07, 6.45) is 8.40. The number of nitrogens with two attached hydrogens (primary N) is 1. The Bertz CT molecular complexity index is 311. The molecule has 1 aromatic carbocycles. The van der Waals surface area contributed by atoms with Gasteiger partial charge in [0.1, 0.15) is 0 Å². The van der Waals surface area contributed by atoms with Gasteiger partial charge in [-0.05, 0) is 36.7 Å². The van der Waals surface area contributed by atoms with Crippen molar-refractivity contribution in [3.63, 3.8) is 0 Å². The Morgan fingerprint density at radius 3 is 2.69 bits per heavy atom. The van der Waals surface area contributed by atoms with E-state index in [2.05, 4.69) is 37.3 Å². The van der Waals surface area contributed by atoms with Gasteiger partial charge >= 0.3 is 0 Å². The van der Waals surface area contributed by atoms with Crippen molar-refractivity contribution in [1.82, 2.24) is 0 Å². The van der Waals surface area contributed by atoms with Crippen LogP contribution in [0.2, 0.25) is 0 Å². The molecular formula is C12H15N. The standard InChI is InChI=1S/C12H15N/c1-11-7-4-5-9-12(11)8-3-2-6-10-13/h2-7,9-10H,8,13H2,1H3/b3-2-,10-6-. The predicted molar refractivity (Wildman–Crippen MR) is 57.4 cm³/mol. The van der Waals surface area contributed by atoms with E-state index in [9.17, 15) is 0 Å². The zero-order chi connectivity index (χ0) is 9.52. The quantitative estimate of drug-likeness (QED) is 0.698. The van der Waals surface area contributed by atoms with E-state index in [4.69, 9.17) is 5.73 Å². The smallest absolute Gasteiger partial charge is 0.00625 e. The third-order valence-electron chi connectivity index (χ3n) is 1.96. The predicted octanol–water partition coefficient (Wildman–Crippen LogP) is 2.57. The van der Waals surface area contributed by atoms with Crippen LogP contribution in [0.15, 0.2) is 48.7 Å². The van der Waals surface area contributed by atoms with Crippen molar-refractivity contribution >= 4 is 0 Å². The Hall–Kier alpha value is -1.50. The van der Waals surface area contributed by atoms with Gasteiger partial charge in [0.25, 0.3) is 0 Å². The molecule has 1 aromatic rings. The summed E-state index contributed by atoms with van der Waals surface area (Å²) in [5.74, 6) is 0. The van der Waals surface area contributed by atoms with Crippen LogP contribution in [0.25, 0.3) is 0 Å². The summed E-state index contributed by atoms with van der Waals surface area (Å²) in [6.45, 7) is 2.13. The lowest BCUT2D eigenvalue weighted by molar-refractivity contribution is 1.21. The summed E-state index contributed by atoms with van der Waals surface area (Å²) < 4.78 is 0. The van der Waals surface area contributed by atoms with Crippen molar-refractivity contribution in [2.24, 2.45) is 5.73 Å². The fraction of sp³-hybridized carbons (Fsp3) is 0.167. The summed E-state index contributed by atoms with van der Waals surface area (Å²) in [5, 5.41) is 0. The SMILES string of the molecule is Cc1ccccc1C/C=C\C=C/N. The zero-order valence-electron chi connectivity index (χ0n) is 7.90. The van der Waals surface area contributed by atoms with E-state index in [1.807, 2.05) is 12.2 Å². The van der Waals surface area contributed by atoms with Crippen molar-refractivity contribution in [3.8, 4) is 0 Å². The first kappa shape index (κ1) is 9.59. The molecule has 1 nitrogen and oxygen atoms in total. The molecule has 0 radical (unpaired) electrons. The fourth-order valence-electron chi connectivity index (χ4n) is 1.18. The van der Waals surface area contributed by atoms with Crippen molar-refractivity contribution in [1.29, 1.82) is 0 Å². The second-order valence-corrected chi connectivity index (χ2v) is 2.94. The van der Waals surface area contributed by atoms with E-state index >= 15 is 0 Å². The van der Waals surface area contributed by atoms with E-state index in [0.29, 0.717) is 0 Å². The molecule has 0 saturated heterocycles. The normalized spacial score (nSPS) is 11.5. The third kappa shape index (κ3) is 3.16. The van der Waals surface area contributed by atoms with Crippen LogP contribution in [-0.2, 0) is 6.42 Å². The highest BCUT2D eigenvalue weighted by Crippen LogP contribution is 2.07. The number of aryl methyl sites for hydroxylation is 1. The molecule has 0 atom stereocenters. The molecule has 0 unspecified atom stereocenters. The highest BCUT2D eigenvalue weighted by atomic mass is 14.5. The Kier molecular flexibility index (Phi) is 3.83. The summed E-state index contributed by atoms with van der Waals surface area (Å²) in [7, 11) is 0. The number of benzene rings is 1. The second-order valence-electron chi connectivity index (χ2n) is 2.94. The van der Waals surface area contributed by atoms with Gasteiger partial charge in [-0.15, -0.1) is 0 Å². The maximum atomic E-state index is 5.21. The summed E-state index contributed by atoms with van der Waals surface area (Å²) in [5.41, 5.74) is 7.91. The molecule has 0 aliphatic heterocycles. The van der Waals surface area contributed by atoms with E-state index in [-0.39, 0.29) is 0 Å². The van der Waals surface area contributed by atoms with Gasteiger partial charge < -0.3 is 5.73 Å². The molecule has 68 valence electrons. The lowest BCUT2D eigenvalue weighted by Crippen LogP contribution is -1.84. The van der Waals surface area contributed by atoms with Gasteiger partial charge in [0, 0.05) is 0 Å². The third-order valence-corrected chi connectivity index (χ3v) is 1.96. The van der Waals surface area contributed by atoms with Crippen LogP contribution in [-0.4, -0.2) is 0 Å². The lowest BCUT2D eigenvalue weighted by Gasteiger charge is -1.99. The van der Waals surface area contributed by atoms with E-state index in [1.165, 1.54) is 17.3 Å². The highest BCUT2D eigenvalue weighted by molar-refractivity contribution is 5.27. The van der Waals surface area contributed by atoms with Gasteiger partial charge in [-0.3, -0.25) is 0 Å². The number of rotatable bonds is 3. The minimum absolute atomic E-state index is 0.969. The summed E-state index contributed by atoms with van der Waals surface area (Å²) >= 11 is 0. The maximum Gasteiger partial charge on any atom is -0.00625 e. The van der Waals surface area contributed by atoms with Gasteiger partial charge in [-0.25, -0.2) is 0 Å². The molecular weight excluding hydrogens is 158 g/mol. The van der Waals surface area contributed by atoms with E-state index in [1.54, 1.807) is 0 Å². The summed E-state index contributed by atoms with van der Waals surface area (Å²) in [6, 6.07) is 8.39. The topological polar surface area (TPSA) is 26.0 Å². The van der Waals surface area contributed by atoms with Gasteiger partial charge in [-0.2, -0.15) is 0 Å². The van der Waals surface area contributed by atoms with Crippen LogP contribution in [0, 0.1) is 6.92 Å². The number of hydrogen-bond donors (Lipinski definition) is 1. The van der Waals surface area contributed by atoms with Gasteiger partial charge in [0.05, 0.1) is 0 Å². The molecule has 1 rings (SSSR count). The molecule has 0 fully saturated rings. The molecule has 0 aliphatic carbocycles. The minimum Gasteiger partial charge on any atom is -0.405 e. The second kappa shape index (κ2) is 5.20. The molecule has 0 aliphatic rings. The van der Waals surface area contributed by atoms with Gasteiger partial charge in [0.2, 0.25) is 0 Å². The molecule has 0 heterocycles. The van der Waals surface area contributed by atoms with Gasteiger partial charge in [0.15, 0.2) is 0 Å². The van der Waals surface area contributed by atoms with Crippen LogP contribution in [0.3, 0.4) is 0 Å². The maximum absolute atomic E-state index is 5.21. The first-order chi connectivity index (χ1) is 6.34. The molecule has 0 spiro atoms. The Labute approximate surface area is 79.6 Å². The Morgan fingerprint density at radius 1 is 1.23 bits per heavy atom. The molecule has 2 N–H and O–H groups in total. The van der Waals surface area contributed by atoms with Crippen molar-refractivity contribution in [3.05, 3.63) is 59.8 Å². The van der Waals surface area contributed by atoms with E-state index < -0.39 is 0 Å². The highest BCUT2D eigenvalue weighted by Gasteiger charge is 1.91. The van der Waals surface area contributed by atoms with Crippen LogP contribution >= 0.6 is 0 Å². The number of hydrogen-bond acceptors (Lipinski definition) is 1. The van der Waals surface area contributed by atoms with Crippen LogP contribution in [0.5, 0.6) is 0 Å². The molecule has 0 amide bonds. The Balaban J connectivity index is 2.59. The first-order valence-electron chi connectivity index (χ1n) is 4.42. The van der Waals surface area contributed by atoms with Crippen LogP contribution in [0.1, 0.15) is 11.1 Å². The van der Waals surface area contributed by atoms with Crippen molar-refractivity contribution < 1.29 is 0 Å². The molecule has 0 saturated carbocycles. The molecule has 0 aromatic heterocycles. The molecule has 13 heavy (non-hydrogen) atoms. The van der Waals surface area contributed by atoms with Crippen LogP contribution in [0.4, 0.5) is 0 Å². The average Bonchev–Trinajstić information content (AvgIpc) is 2.15. The monoisotopic (exact) mass is 173 g/mol. The zero-order valence-corrected chi connectivity index (χ0v) is 7.90. The summed E-state index contributed by atoms with van der Waals surface area (Å²) in [4.78, 5) is 0.